The Kier molecular flexibility index (Phi) is 6.26. The van der Waals surface area contributed by atoms with Crippen molar-refractivity contribution in [1.29, 1.82) is 0 Å². The molecule has 2 aliphatic carbocycles. The van der Waals surface area contributed by atoms with Crippen molar-refractivity contribution in [2.75, 3.05) is 11.1 Å². The molecular formula is C24H32N6O3S. The van der Waals surface area contributed by atoms with Gasteiger partial charge in [0.25, 0.3) is 0 Å². The molecule has 6 atom stereocenters. The van der Waals surface area contributed by atoms with Crippen LogP contribution in [-0.4, -0.2) is 69.9 Å². The molecule has 0 amide bonds. The van der Waals surface area contributed by atoms with E-state index in [1.54, 1.807) is 30.3 Å². The number of nitrogens with one attached hydrogen (secondary N) is 1. The number of hydrogen-bond donors (Lipinski definition) is 4. The molecule has 34 heavy (non-hydrogen) atoms. The predicted octanol–water partition coefficient (Wildman–Crippen LogP) is 2.75. The minimum Gasteiger partial charge on any atom is -0.390 e. The second-order valence-corrected chi connectivity index (χ2v) is 11.0. The lowest BCUT2D eigenvalue weighted by Crippen LogP contribution is -2.39. The van der Waals surface area contributed by atoms with Crippen molar-refractivity contribution in [3.05, 3.63) is 35.9 Å². The van der Waals surface area contributed by atoms with E-state index in [-0.39, 0.29) is 6.04 Å². The van der Waals surface area contributed by atoms with E-state index in [1.807, 2.05) is 6.07 Å². The summed E-state index contributed by atoms with van der Waals surface area (Å²) in [7, 11) is 0. The molecule has 2 heterocycles. The number of fused-ring (bicyclic) bond motifs is 1. The van der Waals surface area contributed by atoms with Gasteiger partial charge >= 0.3 is 0 Å². The normalized spacial score (nSPS) is 29.0. The Bertz CT molecular complexity index is 1150. The molecule has 0 radical (unpaired) electrons. The van der Waals surface area contributed by atoms with Gasteiger partial charge in [-0.3, -0.25) is 0 Å². The average Bonchev–Trinajstić information content (AvgIpc) is 3.34. The van der Waals surface area contributed by atoms with Crippen molar-refractivity contribution in [1.82, 2.24) is 25.0 Å². The molecule has 2 aliphatic rings. The number of aromatic nitrogens is 5. The van der Waals surface area contributed by atoms with E-state index in [0.717, 1.165) is 18.6 Å². The van der Waals surface area contributed by atoms with Crippen LogP contribution >= 0.6 is 11.8 Å². The standard InChI is InChI=1S/C24H32N6O3S/c1-4-10-34-23-26-21(25-16-11-14(16)13-8-6-5-7-9-13)18-22(27-23)30(29-28-18)17-12-15(24(2,3)33)19(31)20(17)32/h5-9,14-17,19-20,31-33H,4,10-12H2,1-3H3,(H,25,26,27)/t14?,15-,16?,17+,19+,20-/m1/s1. The van der Waals surface area contributed by atoms with Crippen molar-refractivity contribution in [3.8, 4) is 0 Å². The van der Waals surface area contributed by atoms with Crippen molar-refractivity contribution < 1.29 is 15.3 Å². The van der Waals surface area contributed by atoms with E-state index in [4.69, 9.17) is 9.97 Å². The summed E-state index contributed by atoms with van der Waals surface area (Å²) in [5.74, 6) is 1.46. The fourth-order valence-electron chi connectivity index (χ4n) is 4.95. The molecule has 5 rings (SSSR count). The van der Waals surface area contributed by atoms with Crippen molar-refractivity contribution in [3.63, 3.8) is 0 Å². The summed E-state index contributed by atoms with van der Waals surface area (Å²) in [5, 5.41) is 44.8. The average molecular weight is 485 g/mol. The first kappa shape index (κ1) is 23.5. The number of thioether (sulfide) groups is 1. The van der Waals surface area contributed by atoms with Crippen molar-refractivity contribution >= 4 is 28.7 Å². The monoisotopic (exact) mass is 484 g/mol. The van der Waals surface area contributed by atoms with Gasteiger partial charge in [-0.1, -0.05) is 54.2 Å². The highest BCUT2D eigenvalue weighted by Gasteiger charge is 2.49. The van der Waals surface area contributed by atoms with Crippen LogP contribution in [0.25, 0.3) is 11.2 Å². The summed E-state index contributed by atoms with van der Waals surface area (Å²) >= 11 is 1.57. The van der Waals surface area contributed by atoms with Gasteiger partial charge in [-0.05, 0) is 38.7 Å². The van der Waals surface area contributed by atoms with Crippen LogP contribution in [0.4, 0.5) is 5.82 Å². The maximum Gasteiger partial charge on any atom is 0.191 e. The Balaban J connectivity index is 1.47. The molecule has 9 nitrogen and oxygen atoms in total. The Hall–Kier alpha value is -2.27. The van der Waals surface area contributed by atoms with Crippen LogP contribution in [0.2, 0.25) is 0 Å². The maximum atomic E-state index is 10.8. The van der Waals surface area contributed by atoms with Gasteiger partial charge in [0.05, 0.1) is 17.7 Å². The lowest BCUT2D eigenvalue weighted by Gasteiger charge is -2.28. The first-order valence-electron chi connectivity index (χ1n) is 11.9. The third-order valence-electron chi connectivity index (χ3n) is 6.95. The van der Waals surface area contributed by atoms with Gasteiger partial charge < -0.3 is 20.6 Å². The Morgan fingerprint density at radius 3 is 2.56 bits per heavy atom. The molecule has 0 aliphatic heterocycles. The van der Waals surface area contributed by atoms with Gasteiger partial charge in [0, 0.05) is 23.6 Å². The zero-order valence-electron chi connectivity index (χ0n) is 19.7. The highest BCUT2D eigenvalue weighted by molar-refractivity contribution is 7.99. The number of anilines is 1. The minimum absolute atomic E-state index is 0.258. The van der Waals surface area contributed by atoms with Gasteiger partial charge in [0.1, 0.15) is 6.10 Å². The van der Waals surface area contributed by atoms with E-state index >= 15 is 0 Å². The first-order valence-corrected chi connectivity index (χ1v) is 12.9. The molecule has 2 aromatic heterocycles. The van der Waals surface area contributed by atoms with E-state index in [1.165, 1.54) is 5.56 Å². The SMILES string of the molecule is CCCSc1nc(NC2CC2c2ccccc2)c2nnn([C@H]3C[C@@H](C(C)(C)O)[C@H](O)[C@@H]3O)c2n1. The number of nitrogens with zero attached hydrogens (tertiary/aromatic N) is 5. The predicted molar refractivity (Wildman–Crippen MR) is 131 cm³/mol. The summed E-state index contributed by atoms with van der Waals surface area (Å²) in [6.07, 6.45) is 0.238. The maximum absolute atomic E-state index is 10.8. The second kappa shape index (κ2) is 9.07. The summed E-state index contributed by atoms with van der Waals surface area (Å²) in [5.41, 5.74) is 1.25. The van der Waals surface area contributed by atoms with Crippen LogP contribution in [0, 0.1) is 5.92 Å². The Morgan fingerprint density at radius 1 is 1.12 bits per heavy atom. The Labute approximate surface area is 203 Å². The zero-order valence-corrected chi connectivity index (χ0v) is 20.5. The molecule has 0 spiro atoms. The van der Waals surface area contributed by atoms with E-state index < -0.39 is 29.8 Å². The van der Waals surface area contributed by atoms with E-state index in [2.05, 4.69) is 46.8 Å². The van der Waals surface area contributed by atoms with Gasteiger partial charge in [-0.25, -0.2) is 14.6 Å². The molecule has 4 N–H and O–H groups in total. The van der Waals surface area contributed by atoms with Crippen LogP contribution in [0.5, 0.6) is 0 Å². The summed E-state index contributed by atoms with van der Waals surface area (Å²) in [6.45, 7) is 5.41. The fourth-order valence-corrected chi connectivity index (χ4v) is 5.64. The largest absolute Gasteiger partial charge is 0.390 e. The van der Waals surface area contributed by atoms with Crippen LogP contribution in [0.3, 0.4) is 0 Å². The molecule has 2 saturated carbocycles. The zero-order chi connectivity index (χ0) is 24.0. The summed E-state index contributed by atoms with van der Waals surface area (Å²) < 4.78 is 1.60. The lowest BCUT2D eigenvalue weighted by atomic mass is 9.88. The highest BCUT2D eigenvalue weighted by atomic mass is 32.2. The van der Waals surface area contributed by atoms with E-state index in [9.17, 15) is 15.3 Å². The van der Waals surface area contributed by atoms with Gasteiger partial charge in [0.2, 0.25) is 0 Å². The molecule has 3 aromatic rings. The quantitative estimate of drug-likeness (QED) is 0.282. The number of benzene rings is 1. The minimum atomic E-state index is -1.13. The molecule has 10 heteroatoms. The van der Waals surface area contributed by atoms with Crippen LogP contribution in [0.15, 0.2) is 35.5 Å². The van der Waals surface area contributed by atoms with Gasteiger partial charge in [-0.15, -0.1) is 5.10 Å². The second-order valence-electron chi connectivity index (χ2n) is 9.96. The van der Waals surface area contributed by atoms with Crippen molar-refractivity contribution in [2.24, 2.45) is 5.92 Å². The fraction of sp³-hybridized carbons (Fsp3) is 0.583. The van der Waals surface area contributed by atoms with Gasteiger partial charge in [0.15, 0.2) is 22.1 Å². The van der Waals surface area contributed by atoms with Gasteiger partial charge in [-0.2, -0.15) is 0 Å². The molecule has 182 valence electrons. The Morgan fingerprint density at radius 2 is 1.88 bits per heavy atom. The molecule has 0 saturated heterocycles. The highest BCUT2D eigenvalue weighted by Crippen LogP contribution is 2.44. The van der Waals surface area contributed by atoms with E-state index in [0.29, 0.717) is 34.5 Å². The summed E-state index contributed by atoms with van der Waals surface area (Å²) in [4.78, 5) is 9.47. The number of rotatable bonds is 8. The van der Waals surface area contributed by atoms with Crippen molar-refractivity contribution in [2.45, 2.75) is 81.0 Å². The number of aliphatic hydroxyl groups is 3. The third kappa shape index (κ3) is 4.39. The number of aliphatic hydroxyl groups excluding tert-OH is 2. The topological polar surface area (TPSA) is 129 Å². The lowest BCUT2D eigenvalue weighted by molar-refractivity contribution is -0.0617. The third-order valence-corrected chi connectivity index (χ3v) is 8.01. The molecular weight excluding hydrogens is 452 g/mol. The molecule has 0 bridgehead atoms. The smallest absolute Gasteiger partial charge is 0.191 e. The first-order chi connectivity index (χ1) is 16.3. The molecule has 2 fully saturated rings. The molecule has 2 unspecified atom stereocenters. The number of hydrogen-bond acceptors (Lipinski definition) is 9. The van der Waals surface area contributed by atoms with Crippen LogP contribution < -0.4 is 5.32 Å². The molecule has 1 aromatic carbocycles. The van der Waals surface area contributed by atoms with Crippen LogP contribution in [0.1, 0.15) is 57.6 Å². The summed E-state index contributed by atoms with van der Waals surface area (Å²) in [6, 6.07) is 10.1. The van der Waals surface area contributed by atoms with Crippen LogP contribution in [-0.2, 0) is 0 Å².